The first kappa shape index (κ1) is 17.6. The zero-order valence-corrected chi connectivity index (χ0v) is 15.5. The maximum absolute atomic E-state index is 6.42. The third kappa shape index (κ3) is 3.30. The minimum Gasteiger partial charge on any atom is -0.348 e. The molecule has 0 atom stereocenters. The lowest BCUT2D eigenvalue weighted by atomic mass is 9.96. The van der Waals surface area contributed by atoms with Crippen molar-refractivity contribution in [3.8, 4) is 0 Å². The van der Waals surface area contributed by atoms with E-state index in [0.717, 1.165) is 68.3 Å². The van der Waals surface area contributed by atoms with E-state index in [-0.39, 0.29) is 17.9 Å². The number of halogens is 1. The number of anilines is 1. The Labute approximate surface area is 152 Å². The van der Waals surface area contributed by atoms with Gasteiger partial charge in [-0.05, 0) is 32.6 Å². The monoisotopic (exact) mass is 369 g/mol. The van der Waals surface area contributed by atoms with Gasteiger partial charge >= 0.3 is 0 Å². The number of hydrogen-bond donors (Lipinski definition) is 1. The van der Waals surface area contributed by atoms with Crippen LogP contribution in [0.25, 0.3) is 0 Å². The van der Waals surface area contributed by atoms with E-state index in [2.05, 4.69) is 25.4 Å². The Morgan fingerprint density at radius 1 is 1.25 bits per heavy atom. The number of aryl methyl sites for hydroxylation is 1. The van der Waals surface area contributed by atoms with Crippen LogP contribution in [0.4, 0.5) is 5.13 Å². The quantitative estimate of drug-likeness (QED) is 0.893. The van der Waals surface area contributed by atoms with Crippen molar-refractivity contribution in [3.05, 3.63) is 22.8 Å². The van der Waals surface area contributed by atoms with Gasteiger partial charge in [-0.25, -0.2) is 4.98 Å². The van der Waals surface area contributed by atoms with Crippen molar-refractivity contribution in [2.45, 2.75) is 56.9 Å². The normalized spacial score (nSPS) is 21.0. The molecule has 2 aliphatic rings. The van der Waals surface area contributed by atoms with Crippen molar-refractivity contribution in [1.82, 2.24) is 15.1 Å². The van der Waals surface area contributed by atoms with Gasteiger partial charge < -0.3 is 15.2 Å². The Hall–Kier alpha value is -1.18. The molecular weight excluding hydrogens is 346 g/mol. The minimum atomic E-state index is -0.360. The molecule has 3 heterocycles. The highest BCUT2D eigenvalue weighted by atomic mass is 35.5. The summed E-state index contributed by atoms with van der Waals surface area (Å²) in [6.45, 7) is 4.02. The van der Waals surface area contributed by atoms with Crippen molar-refractivity contribution < 1.29 is 4.52 Å². The molecule has 2 aromatic heterocycles. The first-order valence-electron chi connectivity index (χ1n) is 8.44. The summed E-state index contributed by atoms with van der Waals surface area (Å²) in [6.07, 6.45) is 6.30. The summed E-state index contributed by atoms with van der Waals surface area (Å²) in [5, 5.41) is 7.42. The molecule has 132 valence electrons. The Balaban J connectivity index is 0.00000169. The summed E-state index contributed by atoms with van der Waals surface area (Å²) < 4.78 is 5.55. The molecule has 4 rings (SSSR count). The molecule has 1 aliphatic carbocycles. The number of rotatable bonds is 3. The number of nitrogens with zero attached hydrogens (tertiary/aromatic N) is 4. The van der Waals surface area contributed by atoms with Gasteiger partial charge in [-0.2, -0.15) is 4.98 Å². The summed E-state index contributed by atoms with van der Waals surface area (Å²) >= 11 is 1.72. The van der Waals surface area contributed by atoms with Crippen LogP contribution in [0.3, 0.4) is 0 Å². The van der Waals surface area contributed by atoms with Crippen LogP contribution in [-0.2, 0) is 5.54 Å². The van der Waals surface area contributed by atoms with Gasteiger partial charge in [0.25, 0.3) is 0 Å². The molecule has 0 radical (unpaired) electrons. The second kappa shape index (κ2) is 6.98. The van der Waals surface area contributed by atoms with E-state index in [9.17, 15) is 0 Å². The van der Waals surface area contributed by atoms with Crippen LogP contribution in [0.2, 0.25) is 0 Å². The predicted octanol–water partition coefficient (Wildman–Crippen LogP) is 3.37. The molecule has 2 N–H and O–H groups in total. The van der Waals surface area contributed by atoms with E-state index >= 15 is 0 Å². The Morgan fingerprint density at radius 2 is 1.96 bits per heavy atom. The van der Waals surface area contributed by atoms with Crippen LogP contribution in [0.15, 0.2) is 9.90 Å². The Morgan fingerprint density at radius 3 is 2.58 bits per heavy atom. The van der Waals surface area contributed by atoms with E-state index in [4.69, 9.17) is 10.3 Å². The van der Waals surface area contributed by atoms with Crippen molar-refractivity contribution >= 4 is 28.9 Å². The lowest BCUT2D eigenvalue weighted by molar-refractivity contribution is 0.317. The average Bonchev–Trinajstić information content (AvgIpc) is 3.28. The van der Waals surface area contributed by atoms with Gasteiger partial charge in [0.15, 0.2) is 11.0 Å². The number of hydrogen-bond acceptors (Lipinski definition) is 7. The summed E-state index contributed by atoms with van der Waals surface area (Å²) in [5.41, 5.74) is 7.16. The summed E-state index contributed by atoms with van der Waals surface area (Å²) in [7, 11) is 0. The standard InChI is InChI=1S/C16H23N5OS.ClH/c1-11-10-23-15(18-11)21-8-4-12(5-9-21)13-19-14(20-22-13)16(17)6-2-3-7-16;/h10,12H,2-9,17H2,1H3;1H. The maximum atomic E-state index is 6.42. The summed E-state index contributed by atoms with van der Waals surface area (Å²) in [4.78, 5) is 11.6. The van der Waals surface area contributed by atoms with E-state index in [1.54, 1.807) is 11.3 Å². The fourth-order valence-electron chi connectivity index (χ4n) is 3.64. The molecule has 6 nitrogen and oxygen atoms in total. The minimum absolute atomic E-state index is 0. The molecular formula is C16H24ClN5OS. The molecule has 8 heteroatoms. The van der Waals surface area contributed by atoms with Gasteiger partial charge in [0.05, 0.1) is 11.2 Å². The highest BCUT2D eigenvalue weighted by Gasteiger charge is 2.37. The molecule has 0 spiro atoms. The van der Waals surface area contributed by atoms with Crippen LogP contribution < -0.4 is 10.6 Å². The van der Waals surface area contributed by atoms with Crippen LogP contribution in [0.5, 0.6) is 0 Å². The third-order valence-electron chi connectivity index (χ3n) is 5.10. The zero-order valence-electron chi connectivity index (χ0n) is 13.9. The molecule has 0 amide bonds. The zero-order chi connectivity index (χ0) is 15.9. The Kier molecular flexibility index (Phi) is 5.13. The molecule has 1 saturated carbocycles. The molecule has 0 unspecified atom stereocenters. The highest BCUT2D eigenvalue weighted by Crippen LogP contribution is 2.36. The second-order valence-corrected chi connectivity index (χ2v) is 7.69. The van der Waals surface area contributed by atoms with Crippen molar-refractivity contribution in [3.63, 3.8) is 0 Å². The molecule has 2 fully saturated rings. The van der Waals surface area contributed by atoms with Gasteiger partial charge in [0.1, 0.15) is 0 Å². The van der Waals surface area contributed by atoms with Gasteiger partial charge in [-0.1, -0.05) is 18.0 Å². The highest BCUT2D eigenvalue weighted by molar-refractivity contribution is 7.13. The lowest BCUT2D eigenvalue weighted by Gasteiger charge is -2.30. The second-order valence-electron chi connectivity index (χ2n) is 6.85. The first-order chi connectivity index (χ1) is 11.1. The van der Waals surface area contributed by atoms with Crippen LogP contribution in [0, 0.1) is 6.92 Å². The van der Waals surface area contributed by atoms with E-state index < -0.39 is 0 Å². The fourth-order valence-corrected chi connectivity index (χ4v) is 4.49. The largest absolute Gasteiger partial charge is 0.348 e. The molecule has 2 aromatic rings. The van der Waals surface area contributed by atoms with Crippen molar-refractivity contribution in [2.75, 3.05) is 18.0 Å². The van der Waals surface area contributed by atoms with Crippen LogP contribution in [-0.4, -0.2) is 28.2 Å². The predicted molar refractivity (Wildman–Crippen MR) is 96.9 cm³/mol. The van der Waals surface area contributed by atoms with Gasteiger partial charge in [-0.3, -0.25) is 0 Å². The summed E-state index contributed by atoms with van der Waals surface area (Å²) in [6, 6.07) is 0. The first-order valence-corrected chi connectivity index (χ1v) is 9.32. The lowest BCUT2D eigenvalue weighted by Crippen LogP contribution is -2.35. The summed E-state index contributed by atoms with van der Waals surface area (Å²) in [5.74, 6) is 1.83. The smallest absolute Gasteiger partial charge is 0.229 e. The molecule has 0 bridgehead atoms. The number of thiazole rings is 1. The average molecular weight is 370 g/mol. The van der Waals surface area contributed by atoms with Gasteiger partial charge in [0, 0.05) is 24.4 Å². The van der Waals surface area contributed by atoms with Gasteiger partial charge in [-0.15, -0.1) is 23.7 Å². The molecule has 24 heavy (non-hydrogen) atoms. The van der Waals surface area contributed by atoms with E-state index in [0.29, 0.717) is 11.7 Å². The molecule has 1 aliphatic heterocycles. The topological polar surface area (TPSA) is 81.1 Å². The van der Waals surface area contributed by atoms with E-state index in [1.807, 2.05) is 6.92 Å². The number of nitrogens with two attached hydrogens (primary N) is 1. The molecule has 1 saturated heterocycles. The van der Waals surface area contributed by atoms with Crippen LogP contribution in [0.1, 0.15) is 61.9 Å². The number of piperidine rings is 1. The van der Waals surface area contributed by atoms with Crippen molar-refractivity contribution in [2.24, 2.45) is 5.73 Å². The SMILES string of the molecule is Cc1csc(N2CCC(c3nc(C4(N)CCCC4)no3)CC2)n1.Cl. The Bertz CT molecular complexity index is 674. The maximum Gasteiger partial charge on any atom is 0.229 e. The van der Waals surface area contributed by atoms with Crippen molar-refractivity contribution in [1.29, 1.82) is 0 Å². The number of aromatic nitrogens is 3. The van der Waals surface area contributed by atoms with Gasteiger partial charge in [0.2, 0.25) is 5.89 Å². The third-order valence-corrected chi connectivity index (χ3v) is 6.12. The van der Waals surface area contributed by atoms with E-state index in [1.165, 1.54) is 0 Å². The fraction of sp³-hybridized carbons (Fsp3) is 0.688. The molecule has 0 aromatic carbocycles. The van der Waals surface area contributed by atoms with Crippen LogP contribution >= 0.6 is 23.7 Å².